The molecule has 5 nitrogen and oxygen atoms in total. The van der Waals surface area contributed by atoms with Gasteiger partial charge in [0.1, 0.15) is 0 Å². The number of aromatic nitrogens is 1. The highest BCUT2D eigenvalue weighted by atomic mass is 16.5. The first-order valence-electron chi connectivity index (χ1n) is 9.30. The third-order valence-electron chi connectivity index (χ3n) is 4.72. The molecule has 2 aromatic rings. The zero-order chi connectivity index (χ0) is 18.2. The molecular formula is C21H27N3O2. The second kappa shape index (κ2) is 9.46. The minimum Gasteiger partial charge on any atom is -0.468 e. The SMILES string of the molecule is COC(=O)CNCc1ccc(-c2cccc(CN3CCCCC3)n2)cc1. The van der Waals surface area contributed by atoms with Crippen molar-refractivity contribution in [3.8, 4) is 11.3 Å². The Hall–Kier alpha value is -2.24. The van der Waals surface area contributed by atoms with E-state index < -0.39 is 0 Å². The molecule has 1 saturated heterocycles. The number of methoxy groups -OCH3 is 1. The maximum Gasteiger partial charge on any atom is 0.319 e. The molecule has 0 bridgehead atoms. The smallest absolute Gasteiger partial charge is 0.319 e. The van der Waals surface area contributed by atoms with Crippen LogP contribution in [-0.2, 0) is 22.6 Å². The molecule has 0 atom stereocenters. The summed E-state index contributed by atoms with van der Waals surface area (Å²) in [7, 11) is 1.39. The van der Waals surface area contributed by atoms with Crippen LogP contribution in [0.25, 0.3) is 11.3 Å². The Balaban J connectivity index is 1.59. The van der Waals surface area contributed by atoms with Gasteiger partial charge in [-0.25, -0.2) is 0 Å². The van der Waals surface area contributed by atoms with E-state index in [1.54, 1.807) is 0 Å². The molecule has 0 saturated carbocycles. The Morgan fingerprint density at radius 3 is 2.62 bits per heavy atom. The quantitative estimate of drug-likeness (QED) is 0.776. The van der Waals surface area contributed by atoms with Crippen LogP contribution < -0.4 is 5.32 Å². The van der Waals surface area contributed by atoms with Crippen molar-refractivity contribution in [3.63, 3.8) is 0 Å². The van der Waals surface area contributed by atoms with Crippen LogP contribution in [-0.4, -0.2) is 42.6 Å². The lowest BCUT2D eigenvalue weighted by atomic mass is 10.1. The molecular weight excluding hydrogens is 326 g/mol. The zero-order valence-corrected chi connectivity index (χ0v) is 15.4. The van der Waals surface area contributed by atoms with Crippen molar-refractivity contribution in [2.75, 3.05) is 26.7 Å². The number of nitrogens with one attached hydrogen (secondary N) is 1. The van der Waals surface area contributed by atoms with Crippen molar-refractivity contribution < 1.29 is 9.53 Å². The van der Waals surface area contributed by atoms with Gasteiger partial charge >= 0.3 is 5.97 Å². The van der Waals surface area contributed by atoms with Gasteiger partial charge in [-0.05, 0) is 43.6 Å². The number of likely N-dealkylation sites (tertiary alicyclic amines) is 1. The highest BCUT2D eigenvalue weighted by Gasteiger charge is 2.11. The van der Waals surface area contributed by atoms with E-state index in [0.29, 0.717) is 6.54 Å². The van der Waals surface area contributed by atoms with Crippen LogP contribution in [0.3, 0.4) is 0 Å². The lowest BCUT2D eigenvalue weighted by molar-refractivity contribution is -0.139. The van der Waals surface area contributed by atoms with Crippen LogP contribution in [0, 0.1) is 0 Å². The van der Waals surface area contributed by atoms with Gasteiger partial charge in [-0.3, -0.25) is 14.7 Å². The number of carbonyl (C=O) groups is 1. The van der Waals surface area contributed by atoms with E-state index in [9.17, 15) is 4.79 Å². The lowest BCUT2D eigenvalue weighted by Crippen LogP contribution is -2.29. The molecule has 0 aliphatic carbocycles. The second-order valence-electron chi connectivity index (χ2n) is 6.73. The molecule has 26 heavy (non-hydrogen) atoms. The fourth-order valence-electron chi connectivity index (χ4n) is 3.25. The number of nitrogens with zero attached hydrogens (tertiary/aromatic N) is 2. The summed E-state index contributed by atoms with van der Waals surface area (Å²) < 4.78 is 4.62. The largest absolute Gasteiger partial charge is 0.468 e. The Bertz CT molecular complexity index is 709. The van der Waals surface area contributed by atoms with Crippen LogP contribution in [0.15, 0.2) is 42.5 Å². The standard InChI is InChI=1S/C21H27N3O2/c1-26-21(25)15-22-14-17-8-10-18(11-9-17)20-7-5-6-19(23-20)16-24-12-3-2-4-13-24/h5-11,22H,2-4,12-16H2,1H3. The molecule has 1 N–H and O–H groups in total. The van der Waals surface area contributed by atoms with Crippen LogP contribution in [0.4, 0.5) is 0 Å². The van der Waals surface area contributed by atoms with E-state index in [1.165, 1.54) is 39.5 Å². The van der Waals surface area contributed by atoms with Crippen molar-refractivity contribution in [1.29, 1.82) is 0 Å². The van der Waals surface area contributed by atoms with E-state index in [-0.39, 0.29) is 12.5 Å². The summed E-state index contributed by atoms with van der Waals surface area (Å²) >= 11 is 0. The Morgan fingerprint density at radius 2 is 1.88 bits per heavy atom. The summed E-state index contributed by atoms with van der Waals surface area (Å²) in [5.74, 6) is -0.253. The Labute approximate surface area is 155 Å². The molecule has 0 spiro atoms. The summed E-state index contributed by atoms with van der Waals surface area (Å²) in [5.41, 5.74) is 4.38. The fourth-order valence-corrected chi connectivity index (χ4v) is 3.25. The number of hydrogen-bond donors (Lipinski definition) is 1. The average Bonchev–Trinajstić information content (AvgIpc) is 2.69. The summed E-state index contributed by atoms with van der Waals surface area (Å²) in [6, 6.07) is 14.6. The molecule has 138 valence electrons. The predicted octanol–water partition coefficient (Wildman–Crippen LogP) is 3.00. The minimum absolute atomic E-state index is 0.221. The molecule has 1 fully saturated rings. The first-order chi connectivity index (χ1) is 12.7. The molecule has 2 heterocycles. The van der Waals surface area contributed by atoms with Crippen LogP contribution >= 0.6 is 0 Å². The predicted molar refractivity (Wildman–Crippen MR) is 103 cm³/mol. The van der Waals surface area contributed by atoms with Gasteiger partial charge in [0.25, 0.3) is 0 Å². The first-order valence-corrected chi connectivity index (χ1v) is 9.30. The number of pyridine rings is 1. The number of benzene rings is 1. The van der Waals surface area contributed by atoms with Crippen molar-refractivity contribution in [2.24, 2.45) is 0 Å². The van der Waals surface area contributed by atoms with Gasteiger partial charge in [0.05, 0.1) is 25.0 Å². The third kappa shape index (κ3) is 5.38. The summed E-state index contributed by atoms with van der Waals surface area (Å²) in [6.07, 6.45) is 3.95. The summed E-state index contributed by atoms with van der Waals surface area (Å²) in [5, 5.41) is 3.07. The van der Waals surface area contributed by atoms with Crippen LogP contribution in [0.1, 0.15) is 30.5 Å². The maximum absolute atomic E-state index is 11.1. The Morgan fingerprint density at radius 1 is 1.12 bits per heavy atom. The highest BCUT2D eigenvalue weighted by Crippen LogP contribution is 2.19. The molecule has 1 aromatic heterocycles. The number of ether oxygens (including phenoxy) is 1. The number of rotatable bonds is 7. The maximum atomic E-state index is 11.1. The number of esters is 1. The highest BCUT2D eigenvalue weighted by molar-refractivity contribution is 5.71. The van der Waals surface area contributed by atoms with E-state index in [2.05, 4.69) is 57.4 Å². The molecule has 5 heteroatoms. The van der Waals surface area contributed by atoms with Crippen molar-refractivity contribution in [1.82, 2.24) is 15.2 Å². The van der Waals surface area contributed by atoms with Crippen LogP contribution in [0.2, 0.25) is 0 Å². The number of carbonyl (C=O) groups excluding carboxylic acids is 1. The van der Waals surface area contributed by atoms with Crippen LogP contribution in [0.5, 0.6) is 0 Å². The first kappa shape index (κ1) is 18.5. The van der Waals surface area contributed by atoms with Crippen molar-refractivity contribution >= 4 is 5.97 Å². The molecule has 1 aromatic carbocycles. The van der Waals surface area contributed by atoms with Gasteiger partial charge in [0.2, 0.25) is 0 Å². The molecule has 3 rings (SSSR count). The van der Waals surface area contributed by atoms with E-state index in [1.807, 2.05) is 0 Å². The average molecular weight is 353 g/mol. The third-order valence-corrected chi connectivity index (χ3v) is 4.72. The molecule has 0 amide bonds. The van der Waals surface area contributed by atoms with Gasteiger partial charge in [-0.1, -0.05) is 36.8 Å². The fraction of sp³-hybridized carbons (Fsp3) is 0.429. The van der Waals surface area contributed by atoms with Gasteiger partial charge in [-0.2, -0.15) is 0 Å². The van der Waals surface area contributed by atoms with Gasteiger partial charge < -0.3 is 10.1 Å². The van der Waals surface area contributed by atoms with E-state index >= 15 is 0 Å². The van der Waals surface area contributed by atoms with Crippen molar-refractivity contribution in [3.05, 3.63) is 53.7 Å². The van der Waals surface area contributed by atoms with Gasteiger partial charge in [-0.15, -0.1) is 0 Å². The molecule has 1 aliphatic rings. The second-order valence-corrected chi connectivity index (χ2v) is 6.73. The minimum atomic E-state index is -0.253. The van der Waals surface area contributed by atoms with Gasteiger partial charge in [0.15, 0.2) is 0 Å². The van der Waals surface area contributed by atoms with E-state index in [4.69, 9.17) is 4.98 Å². The molecule has 0 radical (unpaired) electrons. The van der Waals surface area contributed by atoms with Crippen molar-refractivity contribution in [2.45, 2.75) is 32.4 Å². The summed E-state index contributed by atoms with van der Waals surface area (Å²) in [6.45, 7) is 4.15. The topological polar surface area (TPSA) is 54.5 Å². The lowest BCUT2D eigenvalue weighted by Gasteiger charge is -2.26. The monoisotopic (exact) mass is 353 g/mol. The molecule has 1 aliphatic heterocycles. The van der Waals surface area contributed by atoms with Gasteiger partial charge in [0, 0.05) is 18.7 Å². The zero-order valence-electron chi connectivity index (χ0n) is 15.4. The summed E-state index contributed by atoms with van der Waals surface area (Å²) in [4.78, 5) is 18.5. The molecule has 0 unspecified atom stereocenters. The number of piperidine rings is 1. The van der Waals surface area contributed by atoms with E-state index in [0.717, 1.165) is 29.1 Å². The Kier molecular flexibility index (Phi) is 6.75. The number of hydrogen-bond acceptors (Lipinski definition) is 5. The normalized spacial score (nSPS) is 15.0.